The van der Waals surface area contributed by atoms with Crippen LogP contribution in [0, 0.1) is 0 Å². The molecular formula is C11H22F3N3. The zero-order valence-electron chi connectivity index (χ0n) is 10.5. The molecule has 1 rings (SSSR count). The van der Waals surface area contributed by atoms with Crippen LogP contribution in [0.4, 0.5) is 13.2 Å². The predicted octanol–water partition coefficient (Wildman–Crippen LogP) is 1.29. The van der Waals surface area contributed by atoms with Crippen molar-refractivity contribution in [2.24, 2.45) is 5.73 Å². The number of rotatable bonds is 4. The van der Waals surface area contributed by atoms with E-state index in [4.69, 9.17) is 5.73 Å². The lowest BCUT2D eigenvalue weighted by atomic mass is 10.1. The van der Waals surface area contributed by atoms with Gasteiger partial charge in [-0.25, -0.2) is 0 Å². The van der Waals surface area contributed by atoms with E-state index in [1.165, 1.54) is 11.8 Å². The summed E-state index contributed by atoms with van der Waals surface area (Å²) in [5.74, 6) is 0. The Balaban J connectivity index is 2.56. The van der Waals surface area contributed by atoms with Gasteiger partial charge in [-0.3, -0.25) is 4.90 Å². The molecule has 1 aliphatic heterocycles. The highest BCUT2D eigenvalue weighted by atomic mass is 19.4. The Morgan fingerprint density at radius 2 is 1.71 bits per heavy atom. The number of hydrogen-bond donors (Lipinski definition) is 1. The lowest BCUT2D eigenvalue weighted by Gasteiger charge is -2.41. The summed E-state index contributed by atoms with van der Waals surface area (Å²) in [7, 11) is 0. The van der Waals surface area contributed by atoms with Crippen LogP contribution in [0.25, 0.3) is 0 Å². The summed E-state index contributed by atoms with van der Waals surface area (Å²) < 4.78 is 38.6. The Labute approximate surface area is 101 Å². The van der Waals surface area contributed by atoms with Crippen molar-refractivity contribution in [1.29, 1.82) is 0 Å². The molecule has 2 N–H and O–H groups in total. The Hall–Kier alpha value is -0.330. The van der Waals surface area contributed by atoms with E-state index in [0.717, 1.165) is 13.0 Å². The Morgan fingerprint density at radius 3 is 2.06 bits per heavy atom. The molecule has 3 nitrogen and oxygen atoms in total. The molecule has 2 atom stereocenters. The van der Waals surface area contributed by atoms with Crippen LogP contribution in [0.1, 0.15) is 20.3 Å². The van der Waals surface area contributed by atoms with Gasteiger partial charge in [0, 0.05) is 32.2 Å². The number of nitrogens with zero attached hydrogens (tertiary/aromatic N) is 2. The van der Waals surface area contributed by atoms with Gasteiger partial charge in [-0.1, -0.05) is 6.92 Å². The number of piperazine rings is 1. The van der Waals surface area contributed by atoms with E-state index >= 15 is 0 Å². The maximum Gasteiger partial charge on any atom is 0.405 e. The molecule has 102 valence electrons. The number of nitrogens with two attached hydrogens (primary N) is 1. The van der Waals surface area contributed by atoms with E-state index in [1.807, 2.05) is 0 Å². The number of halogens is 3. The van der Waals surface area contributed by atoms with Gasteiger partial charge in [0.1, 0.15) is 6.04 Å². The molecule has 0 aromatic carbocycles. The maximum absolute atomic E-state index is 12.9. The first kappa shape index (κ1) is 14.7. The molecule has 0 aromatic rings. The lowest BCUT2D eigenvalue weighted by Crippen LogP contribution is -2.60. The maximum atomic E-state index is 12.9. The summed E-state index contributed by atoms with van der Waals surface area (Å²) in [4.78, 5) is 3.67. The molecule has 0 bridgehead atoms. The molecule has 0 spiro atoms. The van der Waals surface area contributed by atoms with Crippen LogP contribution in [0.3, 0.4) is 0 Å². The Kier molecular flexibility index (Phi) is 5.22. The monoisotopic (exact) mass is 253 g/mol. The first-order valence-corrected chi connectivity index (χ1v) is 6.15. The summed E-state index contributed by atoms with van der Waals surface area (Å²) in [5.41, 5.74) is 5.47. The first-order valence-electron chi connectivity index (χ1n) is 6.15. The van der Waals surface area contributed by atoms with Gasteiger partial charge in [-0.2, -0.15) is 13.2 Å². The fourth-order valence-corrected chi connectivity index (χ4v) is 2.42. The van der Waals surface area contributed by atoms with Gasteiger partial charge in [0.2, 0.25) is 0 Å². The fraction of sp³-hybridized carbons (Fsp3) is 1.00. The molecule has 0 aromatic heterocycles. The zero-order valence-corrected chi connectivity index (χ0v) is 10.5. The molecule has 17 heavy (non-hydrogen) atoms. The molecule has 0 radical (unpaired) electrons. The van der Waals surface area contributed by atoms with Gasteiger partial charge in [-0.05, 0) is 19.9 Å². The van der Waals surface area contributed by atoms with Gasteiger partial charge >= 0.3 is 6.18 Å². The van der Waals surface area contributed by atoms with E-state index in [2.05, 4.69) is 11.8 Å². The van der Waals surface area contributed by atoms with Crippen molar-refractivity contribution in [3.05, 3.63) is 0 Å². The third-order valence-electron chi connectivity index (χ3n) is 3.17. The summed E-state index contributed by atoms with van der Waals surface area (Å²) in [6.45, 7) is 6.77. The second kappa shape index (κ2) is 6.02. The number of hydrogen-bond acceptors (Lipinski definition) is 3. The predicted molar refractivity (Wildman–Crippen MR) is 61.8 cm³/mol. The topological polar surface area (TPSA) is 32.5 Å². The minimum Gasteiger partial charge on any atom is -0.326 e. The van der Waals surface area contributed by atoms with Crippen molar-refractivity contribution in [3.8, 4) is 0 Å². The molecule has 1 fully saturated rings. The Morgan fingerprint density at radius 1 is 1.18 bits per heavy atom. The van der Waals surface area contributed by atoms with Crippen LogP contribution in [0.2, 0.25) is 0 Å². The molecule has 6 heteroatoms. The van der Waals surface area contributed by atoms with Crippen LogP contribution in [-0.4, -0.2) is 60.8 Å². The second-order valence-corrected chi connectivity index (χ2v) is 4.72. The third-order valence-corrected chi connectivity index (χ3v) is 3.17. The number of alkyl halides is 3. The fourth-order valence-electron chi connectivity index (χ4n) is 2.42. The smallest absolute Gasteiger partial charge is 0.326 e. The summed E-state index contributed by atoms with van der Waals surface area (Å²) in [6.07, 6.45) is -3.20. The van der Waals surface area contributed by atoms with Gasteiger partial charge in [0.25, 0.3) is 0 Å². The molecule has 0 aliphatic carbocycles. The van der Waals surface area contributed by atoms with E-state index in [1.54, 1.807) is 0 Å². The molecule has 1 saturated heterocycles. The van der Waals surface area contributed by atoms with E-state index < -0.39 is 18.3 Å². The average Bonchev–Trinajstić information content (AvgIpc) is 2.18. The summed E-state index contributed by atoms with van der Waals surface area (Å²) in [5, 5.41) is 0. The van der Waals surface area contributed by atoms with Crippen LogP contribution >= 0.6 is 0 Å². The average molecular weight is 253 g/mol. The van der Waals surface area contributed by atoms with Gasteiger partial charge in [0.05, 0.1) is 0 Å². The SMILES string of the molecule is CCCN1CCN(C(C(C)N)C(F)(F)F)CC1. The molecular weight excluding hydrogens is 231 g/mol. The summed E-state index contributed by atoms with van der Waals surface area (Å²) >= 11 is 0. The van der Waals surface area contributed by atoms with E-state index in [-0.39, 0.29) is 0 Å². The minimum absolute atomic E-state index is 0.450. The Bertz CT molecular complexity index is 222. The van der Waals surface area contributed by atoms with E-state index in [0.29, 0.717) is 26.2 Å². The largest absolute Gasteiger partial charge is 0.405 e. The van der Waals surface area contributed by atoms with Gasteiger partial charge in [-0.15, -0.1) is 0 Å². The molecule has 1 aliphatic rings. The molecule has 1 heterocycles. The second-order valence-electron chi connectivity index (χ2n) is 4.72. The minimum atomic E-state index is -4.24. The molecule has 2 unspecified atom stereocenters. The van der Waals surface area contributed by atoms with Gasteiger partial charge < -0.3 is 10.6 Å². The van der Waals surface area contributed by atoms with Crippen LogP contribution < -0.4 is 5.73 Å². The standard InChI is InChI=1S/C11H22F3N3/c1-3-4-16-5-7-17(8-6-16)10(9(2)15)11(12,13)14/h9-10H,3-8,15H2,1-2H3. The molecule has 0 saturated carbocycles. The van der Waals surface area contributed by atoms with Crippen LogP contribution in [-0.2, 0) is 0 Å². The van der Waals surface area contributed by atoms with Crippen molar-refractivity contribution in [2.75, 3.05) is 32.7 Å². The van der Waals surface area contributed by atoms with Crippen molar-refractivity contribution in [3.63, 3.8) is 0 Å². The molecule has 0 amide bonds. The van der Waals surface area contributed by atoms with E-state index in [9.17, 15) is 13.2 Å². The highest BCUT2D eigenvalue weighted by Gasteiger charge is 2.46. The highest BCUT2D eigenvalue weighted by Crippen LogP contribution is 2.27. The third kappa shape index (κ3) is 4.12. The lowest BCUT2D eigenvalue weighted by molar-refractivity contribution is -0.191. The van der Waals surface area contributed by atoms with Crippen molar-refractivity contribution < 1.29 is 13.2 Å². The van der Waals surface area contributed by atoms with Crippen molar-refractivity contribution >= 4 is 0 Å². The highest BCUT2D eigenvalue weighted by molar-refractivity contribution is 4.88. The summed E-state index contributed by atoms with van der Waals surface area (Å²) in [6, 6.07) is -2.39. The first-order chi connectivity index (χ1) is 7.86. The van der Waals surface area contributed by atoms with Gasteiger partial charge in [0.15, 0.2) is 0 Å². The van der Waals surface area contributed by atoms with Crippen molar-refractivity contribution in [1.82, 2.24) is 9.80 Å². The quantitative estimate of drug-likeness (QED) is 0.819. The van der Waals surface area contributed by atoms with Crippen LogP contribution in [0.15, 0.2) is 0 Å². The van der Waals surface area contributed by atoms with Crippen LogP contribution in [0.5, 0.6) is 0 Å². The van der Waals surface area contributed by atoms with Crippen molar-refractivity contribution in [2.45, 2.75) is 38.5 Å². The normalized spacial score (nSPS) is 23.6. The zero-order chi connectivity index (χ0) is 13.1.